The summed E-state index contributed by atoms with van der Waals surface area (Å²) in [6, 6.07) is 14.8. The van der Waals surface area contributed by atoms with Crippen molar-refractivity contribution >= 4 is 17.6 Å². The number of alkyl halides is 1. The van der Waals surface area contributed by atoms with E-state index >= 15 is 0 Å². The third kappa shape index (κ3) is 5.18. The van der Waals surface area contributed by atoms with Crippen LogP contribution >= 0.6 is 0 Å². The average molecular weight is 500 g/mol. The second kappa shape index (κ2) is 10.6. The molecule has 194 valence electrons. The molecule has 1 heterocycles. The van der Waals surface area contributed by atoms with E-state index in [9.17, 15) is 14.3 Å². The molecule has 4 aliphatic rings. The largest absolute Gasteiger partial charge is 0.478 e. The first-order valence-electron chi connectivity index (χ1n) is 14.2. The van der Waals surface area contributed by atoms with Gasteiger partial charge in [-0.05, 0) is 108 Å². The molecule has 1 aliphatic heterocycles. The van der Waals surface area contributed by atoms with E-state index in [4.69, 9.17) is 0 Å². The Morgan fingerprint density at radius 3 is 2.46 bits per heavy atom. The van der Waals surface area contributed by atoms with Gasteiger partial charge in [0.2, 0.25) is 0 Å². The van der Waals surface area contributed by atoms with Crippen LogP contribution < -0.4 is 0 Å². The van der Waals surface area contributed by atoms with Gasteiger partial charge in [-0.2, -0.15) is 0 Å². The smallest absolute Gasteiger partial charge is 0.335 e. The molecule has 2 aromatic rings. The molecule has 37 heavy (non-hydrogen) atoms. The van der Waals surface area contributed by atoms with Gasteiger partial charge in [-0.3, -0.25) is 9.29 Å². The number of likely N-dealkylation sites (tertiary alicyclic amines) is 1. The van der Waals surface area contributed by atoms with Gasteiger partial charge in [-0.15, -0.1) is 0 Å². The van der Waals surface area contributed by atoms with Crippen LogP contribution in [-0.4, -0.2) is 42.3 Å². The number of carbonyl (C=O) groups is 1. The SMILES string of the molecule is O=C(O)c1ccc2c(c1)CCCC(C1CC3CCC(C3)C1)=C2c1ccc(C=C2CN(CCCF)C2)cc1. The van der Waals surface area contributed by atoms with Gasteiger partial charge < -0.3 is 5.11 Å². The van der Waals surface area contributed by atoms with Crippen molar-refractivity contribution in [3.05, 3.63) is 81.4 Å². The Bertz CT molecular complexity index is 1210. The lowest BCUT2D eigenvalue weighted by molar-refractivity contribution is 0.0696. The summed E-state index contributed by atoms with van der Waals surface area (Å²) < 4.78 is 12.4. The van der Waals surface area contributed by atoms with Crippen LogP contribution in [0, 0.1) is 17.8 Å². The normalized spacial score (nSPS) is 25.4. The molecule has 0 amide bonds. The maximum absolute atomic E-state index is 12.4. The second-order valence-electron chi connectivity index (χ2n) is 11.8. The number of hydrogen-bond donors (Lipinski definition) is 1. The van der Waals surface area contributed by atoms with Crippen molar-refractivity contribution in [2.45, 2.75) is 57.8 Å². The molecule has 4 heteroatoms. The Kier molecular flexibility index (Phi) is 7.03. The van der Waals surface area contributed by atoms with Crippen LogP contribution in [0.15, 0.2) is 53.6 Å². The predicted molar refractivity (Wildman–Crippen MR) is 147 cm³/mol. The van der Waals surface area contributed by atoms with Crippen molar-refractivity contribution in [3.63, 3.8) is 0 Å². The van der Waals surface area contributed by atoms with Gasteiger partial charge >= 0.3 is 5.97 Å². The fraction of sp³-hybridized carbons (Fsp3) is 0.485. The molecule has 3 fully saturated rings. The number of aryl methyl sites for hydroxylation is 1. The minimum atomic E-state index is -0.849. The number of fused-ring (bicyclic) bond motifs is 3. The first-order chi connectivity index (χ1) is 18.1. The zero-order chi connectivity index (χ0) is 25.4. The lowest BCUT2D eigenvalue weighted by Gasteiger charge is -2.33. The van der Waals surface area contributed by atoms with E-state index in [2.05, 4.69) is 41.3 Å². The molecule has 1 N–H and O–H groups in total. The minimum absolute atomic E-state index is 0.238. The zero-order valence-electron chi connectivity index (χ0n) is 21.7. The van der Waals surface area contributed by atoms with E-state index in [1.54, 1.807) is 11.6 Å². The second-order valence-corrected chi connectivity index (χ2v) is 11.8. The molecular formula is C33H38FNO2. The molecule has 2 bridgehead atoms. The highest BCUT2D eigenvalue weighted by Gasteiger charge is 2.37. The lowest BCUT2D eigenvalue weighted by Crippen LogP contribution is -2.40. The Balaban J connectivity index is 1.34. The highest BCUT2D eigenvalue weighted by atomic mass is 19.1. The van der Waals surface area contributed by atoms with E-state index in [-0.39, 0.29) is 6.67 Å². The number of hydrogen-bond acceptors (Lipinski definition) is 2. The van der Waals surface area contributed by atoms with Crippen LogP contribution in [0.3, 0.4) is 0 Å². The summed E-state index contributed by atoms with van der Waals surface area (Å²) in [6.07, 6.45) is 12.9. The number of benzene rings is 2. The van der Waals surface area contributed by atoms with E-state index in [1.807, 2.05) is 6.07 Å². The highest BCUT2D eigenvalue weighted by molar-refractivity contribution is 5.91. The molecule has 0 spiro atoms. The summed E-state index contributed by atoms with van der Waals surface area (Å²) in [7, 11) is 0. The quantitative estimate of drug-likeness (QED) is 0.431. The zero-order valence-corrected chi connectivity index (χ0v) is 21.7. The van der Waals surface area contributed by atoms with Gasteiger partial charge in [0.25, 0.3) is 0 Å². The third-order valence-corrected chi connectivity index (χ3v) is 9.24. The molecule has 2 aromatic carbocycles. The number of allylic oxidation sites excluding steroid dienone is 1. The summed E-state index contributed by atoms with van der Waals surface area (Å²) in [5.41, 5.74) is 9.69. The molecule has 2 unspecified atom stereocenters. The first-order valence-corrected chi connectivity index (χ1v) is 14.2. The van der Waals surface area contributed by atoms with Crippen LogP contribution in [0.5, 0.6) is 0 Å². The Morgan fingerprint density at radius 2 is 1.76 bits per heavy atom. The van der Waals surface area contributed by atoms with E-state index < -0.39 is 5.97 Å². The van der Waals surface area contributed by atoms with Gasteiger partial charge in [0.15, 0.2) is 0 Å². The van der Waals surface area contributed by atoms with Crippen molar-refractivity contribution in [1.82, 2.24) is 4.90 Å². The lowest BCUT2D eigenvalue weighted by atomic mass is 9.73. The standard InChI is InChI=1S/C33H38FNO2/c34-13-2-14-35-20-25(21-35)15-22-7-9-26(10-8-22)32-30(29-17-23-5-6-24(16-23)18-29)4-1-3-27-19-28(33(36)37)11-12-31(27)32/h7-12,15,19,23-24,29H,1-6,13-14,16-18,20-21H2,(H,36,37). The molecule has 3 nitrogen and oxygen atoms in total. The summed E-state index contributed by atoms with van der Waals surface area (Å²) in [5, 5.41) is 9.61. The predicted octanol–water partition coefficient (Wildman–Crippen LogP) is 7.41. The summed E-state index contributed by atoms with van der Waals surface area (Å²) in [4.78, 5) is 14.0. The molecule has 3 aliphatic carbocycles. The molecule has 6 rings (SSSR count). The van der Waals surface area contributed by atoms with Gasteiger partial charge in [-0.1, -0.05) is 54.8 Å². The van der Waals surface area contributed by atoms with E-state index in [1.165, 1.54) is 65.5 Å². The Morgan fingerprint density at radius 1 is 1.00 bits per heavy atom. The molecular weight excluding hydrogens is 461 g/mol. The average Bonchev–Trinajstić information content (AvgIpc) is 3.11. The number of aromatic carboxylic acids is 1. The van der Waals surface area contributed by atoms with Crippen LogP contribution in [0.25, 0.3) is 11.6 Å². The molecule has 2 saturated carbocycles. The topological polar surface area (TPSA) is 40.5 Å². The number of halogens is 1. The fourth-order valence-electron chi connectivity index (χ4n) is 7.53. The van der Waals surface area contributed by atoms with Crippen molar-refractivity contribution in [2.24, 2.45) is 17.8 Å². The molecule has 2 atom stereocenters. The van der Waals surface area contributed by atoms with Gasteiger partial charge in [0.1, 0.15) is 0 Å². The van der Waals surface area contributed by atoms with Crippen LogP contribution in [0.1, 0.15) is 84.0 Å². The molecule has 0 aromatic heterocycles. The van der Waals surface area contributed by atoms with Crippen molar-refractivity contribution in [1.29, 1.82) is 0 Å². The van der Waals surface area contributed by atoms with Gasteiger partial charge in [-0.25, -0.2) is 4.79 Å². The molecule has 1 saturated heterocycles. The number of nitrogens with zero attached hydrogens (tertiary/aromatic N) is 1. The maximum Gasteiger partial charge on any atom is 0.335 e. The van der Waals surface area contributed by atoms with Crippen molar-refractivity contribution in [3.8, 4) is 0 Å². The number of carboxylic acids is 1. The maximum atomic E-state index is 12.4. The van der Waals surface area contributed by atoms with Crippen LogP contribution in [0.4, 0.5) is 4.39 Å². The van der Waals surface area contributed by atoms with E-state index in [0.29, 0.717) is 17.9 Å². The van der Waals surface area contributed by atoms with Crippen LogP contribution in [-0.2, 0) is 6.42 Å². The minimum Gasteiger partial charge on any atom is -0.478 e. The van der Waals surface area contributed by atoms with Gasteiger partial charge in [0, 0.05) is 19.6 Å². The van der Waals surface area contributed by atoms with Crippen molar-refractivity contribution < 1.29 is 14.3 Å². The number of rotatable bonds is 7. The fourth-order valence-corrected chi connectivity index (χ4v) is 7.53. The monoisotopic (exact) mass is 499 g/mol. The summed E-state index contributed by atoms with van der Waals surface area (Å²) in [5.74, 6) is 1.57. The number of carboxylic acid groups (broad SMARTS) is 1. The highest BCUT2D eigenvalue weighted by Crippen LogP contribution is 2.50. The van der Waals surface area contributed by atoms with E-state index in [0.717, 1.165) is 50.7 Å². The Labute approximate surface area is 220 Å². The van der Waals surface area contributed by atoms with Gasteiger partial charge in [0.05, 0.1) is 12.2 Å². The molecule has 0 radical (unpaired) electrons. The third-order valence-electron chi connectivity index (χ3n) is 9.24. The summed E-state index contributed by atoms with van der Waals surface area (Å²) in [6.45, 7) is 2.49. The Hall–Kier alpha value is -2.72. The summed E-state index contributed by atoms with van der Waals surface area (Å²) >= 11 is 0. The van der Waals surface area contributed by atoms with Crippen LogP contribution in [0.2, 0.25) is 0 Å². The van der Waals surface area contributed by atoms with Crippen molar-refractivity contribution in [2.75, 3.05) is 26.3 Å². The first kappa shape index (κ1) is 24.6.